The lowest BCUT2D eigenvalue weighted by Crippen LogP contribution is -2.36. The van der Waals surface area contributed by atoms with Gasteiger partial charge >= 0.3 is 5.97 Å². The van der Waals surface area contributed by atoms with Crippen molar-refractivity contribution in [1.82, 2.24) is 4.98 Å². The highest BCUT2D eigenvalue weighted by atomic mass is 16.5. The van der Waals surface area contributed by atoms with Gasteiger partial charge in [0.05, 0.1) is 6.61 Å². The van der Waals surface area contributed by atoms with Crippen molar-refractivity contribution in [2.45, 2.75) is 19.4 Å². The molecule has 0 aliphatic rings. The molecule has 1 rings (SSSR count). The van der Waals surface area contributed by atoms with Crippen LogP contribution in [0.25, 0.3) is 0 Å². The molecule has 1 heterocycles. The van der Waals surface area contributed by atoms with Crippen molar-refractivity contribution in [2.24, 2.45) is 5.73 Å². The predicted octanol–water partition coefficient (Wildman–Crippen LogP) is -0.192. The number of carbonyl (C=O) groups excluding carboxylic acids is 1. The second-order valence-corrected chi connectivity index (χ2v) is 3.09. The summed E-state index contributed by atoms with van der Waals surface area (Å²) in [7, 11) is 0. The summed E-state index contributed by atoms with van der Waals surface area (Å²) in [6, 6.07) is 2.54. The minimum atomic E-state index is -0.784. The van der Waals surface area contributed by atoms with Crippen LogP contribution in [0.1, 0.15) is 12.5 Å². The van der Waals surface area contributed by atoms with Crippen molar-refractivity contribution >= 4 is 5.97 Å². The summed E-state index contributed by atoms with van der Waals surface area (Å²) >= 11 is 0. The van der Waals surface area contributed by atoms with Crippen molar-refractivity contribution in [3.8, 4) is 0 Å². The lowest BCUT2D eigenvalue weighted by molar-refractivity contribution is -0.144. The van der Waals surface area contributed by atoms with Gasteiger partial charge < -0.3 is 15.5 Å². The molecule has 1 atom stereocenters. The molecule has 0 amide bonds. The molecule has 0 aromatic carbocycles. The van der Waals surface area contributed by atoms with Crippen LogP contribution >= 0.6 is 0 Å². The maximum Gasteiger partial charge on any atom is 0.323 e. The zero-order valence-electron chi connectivity index (χ0n) is 8.53. The highest BCUT2D eigenvalue weighted by molar-refractivity contribution is 5.75. The normalized spacial score (nSPS) is 12.1. The molecular weight excluding hydrogens is 196 g/mol. The molecule has 0 radical (unpaired) electrons. The summed E-state index contributed by atoms with van der Waals surface area (Å²) in [5.41, 5.74) is 5.84. The van der Waals surface area contributed by atoms with Crippen LogP contribution in [0.5, 0.6) is 0 Å². The van der Waals surface area contributed by atoms with Gasteiger partial charge in [0.2, 0.25) is 0 Å². The van der Waals surface area contributed by atoms with Crippen molar-refractivity contribution in [3.05, 3.63) is 34.2 Å². The third-order valence-corrected chi connectivity index (χ3v) is 1.93. The van der Waals surface area contributed by atoms with Gasteiger partial charge in [0, 0.05) is 18.2 Å². The standard InChI is InChI=1S/C10H14N2O3/c1-2-15-10(14)8(11)6-7-4-3-5-12-9(7)13/h3-5,8H,2,6,11H2,1H3,(H,12,13). The molecule has 0 bridgehead atoms. The number of rotatable bonds is 4. The third-order valence-electron chi connectivity index (χ3n) is 1.93. The zero-order chi connectivity index (χ0) is 11.3. The third kappa shape index (κ3) is 3.21. The minimum absolute atomic E-state index is 0.189. The molecule has 5 heteroatoms. The maximum atomic E-state index is 11.3. The number of nitrogens with two attached hydrogens (primary N) is 1. The van der Waals surface area contributed by atoms with E-state index in [0.29, 0.717) is 5.56 Å². The van der Waals surface area contributed by atoms with Gasteiger partial charge in [0.1, 0.15) is 6.04 Å². The average molecular weight is 210 g/mol. The van der Waals surface area contributed by atoms with E-state index in [9.17, 15) is 9.59 Å². The van der Waals surface area contributed by atoms with E-state index < -0.39 is 12.0 Å². The van der Waals surface area contributed by atoms with Crippen molar-refractivity contribution in [3.63, 3.8) is 0 Å². The topological polar surface area (TPSA) is 85.2 Å². The van der Waals surface area contributed by atoms with Gasteiger partial charge in [-0.15, -0.1) is 0 Å². The summed E-state index contributed by atoms with van der Waals surface area (Å²) < 4.78 is 4.74. The molecule has 5 nitrogen and oxygen atoms in total. The molecule has 0 spiro atoms. The fraction of sp³-hybridized carbons (Fsp3) is 0.400. The molecule has 0 saturated heterocycles. The first kappa shape index (κ1) is 11.5. The van der Waals surface area contributed by atoms with E-state index in [4.69, 9.17) is 10.5 Å². The predicted molar refractivity (Wildman–Crippen MR) is 55.4 cm³/mol. The maximum absolute atomic E-state index is 11.3. The van der Waals surface area contributed by atoms with Gasteiger partial charge in [0.25, 0.3) is 5.56 Å². The molecule has 0 saturated carbocycles. The molecule has 1 aromatic heterocycles. The Kier molecular flexibility index (Phi) is 4.05. The summed E-state index contributed by atoms with van der Waals surface area (Å²) in [6.45, 7) is 2.00. The number of esters is 1. The quantitative estimate of drug-likeness (QED) is 0.674. The summed E-state index contributed by atoms with van der Waals surface area (Å²) in [5, 5.41) is 0. The fourth-order valence-corrected chi connectivity index (χ4v) is 1.19. The van der Waals surface area contributed by atoms with E-state index in [1.807, 2.05) is 0 Å². The summed E-state index contributed by atoms with van der Waals surface area (Å²) in [6.07, 6.45) is 1.72. The Balaban J connectivity index is 2.66. The minimum Gasteiger partial charge on any atom is -0.465 e. The molecule has 15 heavy (non-hydrogen) atoms. The summed E-state index contributed by atoms with van der Waals surface area (Å²) in [5.74, 6) is -0.485. The Morgan fingerprint density at radius 1 is 1.67 bits per heavy atom. The second kappa shape index (κ2) is 5.31. The molecule has 0 aliphatic heterocycles. The van der Waals surface area contributed by atoms with Gasteiger partial charge in [-0.1, -0.05) is 6.07 Å². The first-order valence-electron chi connectivity index (χ1n) is 4.74. The average Bonchev–Trinajstić information content (AvgIpc) is 2.21. The van der Waals surface area contributed by atoms with E-state index in [-0.39, 0.29) is 18.6 Å². The van der Waals surface area contributed by atoms with Gasteiger partial charge in [0.15, 0.2) is 0 Å². The van der Waals surface area contributed by atoms with Crippen molar-refractivity contribution < 1.29 is 9.53 Å². The number of nitrogens with one attached hydrogen (secondary N) is 1. The largest absolute Gasteiger partial charge is 0.465 e. The molecule has 82 valence electrons. The van der Waals surface area contributed by atoms with E-state index in [2.05, 4.69) is 4.98 Å². The molecule has 1 aromatic rings. The van der Waals surface area contributed by atoms with Crippen LogP contribution in [0, 0.1) is 0 Å². The molecule has 0 aliphatic carbocycles. The fourth-order valence-electron chi connectivity index (χ4n) is 1.19. The van der Waals surface area contributed by atoms with E-state index in [1.54, 1.807) is 19.1 Å². The lowest BCUT2D eigenvalue weighted by atomic mass is 10.1. The lowest BCUT2D eigenvalue weighted by Gasteiger charge is -2.09. The number of aromatic amines is 1. The van der Waals surface area contributed by atoms with Crippen molar-refractivity contribution in [1.29, 1.82) is 0 Å². The number of H-pyrrole nitrogens is 1. The van der Waals surface area contributed by atoms with E-state index in [1.165, 1.54) is 6.20 Å². The van der Waals surface area contributed by atoms with E-state index >= 15 is 0 Å². The first-order chi connectivity index (χ1) is 7.15. The summed E-state index contributed by atoms with van der Waals surface area (Å²) in [4.78, 5) is 25.0. The Hall–Kier alpha value is -1.62. The van der Waals surface area contributed by atoms with Crippen molar-refractivity contribution in [2.75, 3.05) is 6.61 Å². The highest BCUT2D eigenvalue weighted by Crippen LogP contribution is 1.97. The van der Waals surface area contributed by atoms with Crippen LogP contribution in [0.4, 0.5) is 0 Å². The Morgan fingerprint density at radius 3 is 3.00 bits per heavy atom. The zero-order valence-corrected chi connectivity index (χ0v) is 8.53. The van der Waals surface area contributed by atoms with Gasteiger partial charge in [-0.05, 0) is 13.0 Å². The van der Waals surface area contributed by atoms with Gasteiger partial charge in [-0.25, -0.2) is 0 Å². The Bertz CT molecular complexity index is 386. The monoisotopic (exact) mass is 210 g/mol. The van der Waals surface area contributed by atoms with Gasteiger partial charge in [-0.3, -0.25) is 9.59 Å². The Morgan fingerprint density at radius 2 is 2.40 bits per heavy atom. The number of hydrogen-bond donors (Lipinski definition) is 2. The smallest absolute Gasteiger partial charge is 0.323 e. The van der Waals surface area contributed by atoms with E-state index in [0.717, 1.165) is 0 Å². The van der Waals surface area contributed by atoms with Crippen LogP contribution in [0.2, 0.25) is 0 Å². The first-order valence-corrected chi connectivity index (χ1v) is 4.74. The second-order valence-electron chi connectivity index (χ2n) is 3.09. The number of ether oxygens (including phenoxy) is 1. The number of hydrogen-bond acceptors (Lipinski definition) is 4. The molecule has 0 fully saturated rings. The number of carbonyl (C=O) groups is 1. The van der Waals surface area contributed by atoms with Crippen LogP contribution in [0.3, 0.4) is 0 Å². The molecule has 3 N–H and O–H groups in total. The molecule has 1 unspecified atom stereocenters. The highest BCUT2D eigenvalue weighted by Gasteiger charge is 2.16. The van der Waals surface area contributed by atoms with Crippen LogP contribution in [-0.2, 0) is 16.0 Å². The number of aromatic nitrogens is 1. The van der Waals surface area contributed by atoms with Crippen LogP contribution < -0.4 is 11.3 Å². The van der Waals surface area contributed by atoms with Crippen LogP contribution in [0.15, 0.2) is 23.1 Å². The number of pyridine rings is 1. The van der Waals surface area contributed by atoms with Gasteiger partial charge in [-0.2, -0.15) is 0 Å². The molecular formula is C10H14N2O3. The Labute approximate surface area is 87.3 Å². The SMILES string of the molecule is CCOC(=O)C(N)Cc1ccc[nH]c1=O. The van der Waals surface area contributed by atoms with Crippen LogP contribution in [-0.4, -0.2) is 23.6 Å².